The molecule has 21 heavy (non-hydrogen) atoms. The van der Waals surface area contributed by atoms with Crippen molar-refractivity contribution in [2.24, 2.45) is 17.8 Å². The average molecular weight is 419 g/mol. The largest absolute Gasteiger partial charge is 0.283 e. The van der Waals surface area contributed by atoms with Crippen molar-refractivity contribution in [1.29, 1.82) is 0 Å². The number of hydrogen-bond donors (Lipinski definition) is 0. The lowest BCUT2D eigenvalue weighted by Crippen LogP contribution is -2.29. The second kappa shape index (κ2) is 7.23. The van der Waals surface area contributed by atoms with Crippen molar-refractivity contribution in [2.75, 3.05) is 0 Å². The summed E-state index contributed by atoms with van der Waals surface area (Å²) in [6, 6.07) is 5.33. The SMILES string of the molecule is CC(C)C1CCC(Br)C(Cc2cccc([N+](=O)[O-])c2Br)C1. The molecule has 0 saturated heterocycles. The van der Waals surface area contributed by atoms with Gasteiger partial charge >= 0.3 is 0 Å². The van der Waals surface area contributed by atoms with E-state index in [4.69, 9.17) is 0 Å². The highest BCUT2D eigenvalue weighted by Gasteiger charge is 2.31. The number of nitrogens with zero attached hydrogens (tertiary/aromatic N) is 1. The molecular formula is C16H21Br2NO2. The minimum absolute atomic E-state index is 0.162. The molecule has 2 rings (SSSR count). The van der Waals surface area contributed by atoms with Crippen molar-refractivity contribution < 1.29 is 4.92 Å². The Morgan fingerprint density at radius 3 is 2.71 bits per heavy atom. The van der Waals surface area contributed by atoms with E-state index in [2.05, 4.69) is 45.7 Å². The Morgan fingerprint density at radius 1 is 1.38 bits per heavy atom. The highest BCUT2D eigenvalue weighted by molar-refractivity contribution is 9.10. The molecule has 0 amide bonds. The van der Waals surface area contributed by atoms with Gasteiger partial charge in [-0.3, -0.25) is 10.1 Å². The third-order valence-electron chi connectivity index (χ3n) is 4.61. The third kappa shape index (κ3) is 4.07. The zero-order chi connectivity index (χ0) is 15.6. The fourth-order valence-electron chi connectivity index (χ4n) is 3.23. The Hall–Kier alpha value is -0.420. The molecule has 1 aliphatic carbocycles. The molecule has 1 aliphatic rings. The number of alkyl halides is 1. The van der Waals surface area contributed by atoms with Gasteiger partial charge in [-0.05, 0) is 64.9 Å². The minimum Gasteiger partial charge on any atom is -0.258 e. The first-order chi connectivity index (χ1) is 9.90. The molecule has 1 aromatic carbocycles. The van der Waals surface area contributed by atoms with Gasteiger partial charge in [0.25, 0.3) is 5.69 Å². The van der Waals surface area contributed by atoms with Crippen molar-refractivity contribution in [1.82, 2.24) is 0 Å². The average Bonchev–Trinajstić information content (AvgIpc) is 2.42. The first-order valence-electron chi connectivity index (χ1n) is 7.46. The Morgan fingerprint density at radius 2 is 2.10 bits per heavy atom. The van der Waals surface area contributed by atoms with Gasteiger partial charge in [0.1, 0.15) is 0 Å². The summed E-state index contributed by atoms with van der Waals surface area (Å²) in [5, 5.41) is 11.0. The predicted octanol–water partition coefficient (Wildman–Crippen LogP) is 5.74. The summed E-state index contributed by atoms with van der Waals surface area (Å²) in [5.41, 5.74) is 1.21. The number of nitro benzene ring substituents is 1. The summed E-state index contributed by atoms with van der Waals surface area (Å²) in [4.78, 5) is 11.2. The van der Waals surface area contributed by atoms with Crippen molar-refractivity contribution in [3.8, 4) is 0 Å². The van der Waals surface area contributed by atoms with Gasteiger partial charge in [-0.2, -0.15) is 0 Å². The highest BCUT2D eigenvalue weighted by Crippen LogP contribution is 2.40. The van der Waals surface area contributed by atoms with E-state index in [1.807, 2.05) is 6.07 Å². The van der Waals surface area contributed by atoms with Gasteiger partial charge in [0, 0.05) is 10.9 Å². The maximum absolute atomic E-state index is 11.0. The molecule has 3 unspecified atom stereocenters. The van der Waals surface area contributed by atoms with Gasteiger partial charge in [0.15, 0.2) is 0 Å². The van der Waals surface area contributed by atoms with E-state index in [1.165, 1.54) is 19.3 Å². The standard InChI is InChI=1S/C16H21Br2NO2/c1-10(2)11-6-7-14(17)13(8-11)9-12-4-3-5-15(16(12)18)19(20)21/h3-5,10-11,13-14H,6-9H2,1-2H3. The number of halogens is 2. The molecule has 0 aromatic heterocycles. The first-order valence-corrected chi connectivity index (χ1v) is 9.16. The number of benzene rings is 1. The zero-order valence-electron chi connectivity index (χ0n) is 12.4. The van der Waals surface area contributed by atoms with Crippen LogP contribution in [0.2, 0.25) is 0 Å². The maximum atomic E-state index is 11.0. The predicted molar refractivity (Wildman–Crippen MR) is 92.9 cm³/mol. The molecule has 116 valence electrons. The molecule has 0 aliphatic heterocycles. The van der Waals surface area contributed by atoms with Crippen molar-refractivity contribution in [3.05, 3.63) is 38.3 Å². The zero-order valence-corrected chi connectivity index (χ0v) is 15.6. The van der Waals surface area contributed by atoms with E-state index in [9.17, 15) is 10.1 Å². The Balaban J connectivity index is 2.17. The summed E-state index contributed by atoms with van der Waals surface area (Å²) in [6.45, 7) is 4.58. The van der Waals surface area contributed by atoms with Crippen molar-refractivity contribution in [2.45, 2.75) is 44.4 Å². The quantitative estimate of drug-likeness (QED) is 0.355. The van der Waals surface area contributed by atoms with Crippen LogP contribution in [-0.4, -0.2) is 9.75 Å². The third-order valence-corrected chi connectivity index (χ3v) is 6.73. The summed E-state index contributed by atoms with van der Waals surface area (Å²) in [6.07, 6.45) is 4.56. The smallest absolute Gasteiger partial charge is 0.258 e. The molecule has 0 N–H and O–H groups in total. The van der Waals surface area contributed by atoms with Gasteiger partial charge in [0.05, 0.1) is 9.40 Å². The number of nitro groups is 1. The van der Waals surface area contributed by atoms with Crippen LogP contribution in [0.5, 0.6) is 0 Å². The Kier molecular flexibility index (Phi) is 5.83. The van der Waals surface area contributed by atoms with Gasteiger partial charge in [-0.15, -0.1) is 0 Å². The molecule has 3 atom stereocenters. The van der Waals surface area contributed by atoms with Gasteiger partial charge in [0.2, 0.25) is 0 Å². The maximum Gasteiger partial charge on any atom is 0.283 e. The van der Waals surface area contributed by atoms with Crippen LogP contribution in [0, 0.1) is 27.9 Å². The molecule has 3 nitrogen and oxygen atoms in total. The van der Waals surface area contributed by atoms with Crippen LogP contribution in [-0.2, 0) is 6.42 Å². The molecule has 0 radical (unpaired) electrons. The van der Waals surface area contributed by atoms with Crippen LogP contribution in [0.25, 0.3) is 0 Å². The van der Waals surface area contributed by atoms with Crippen LogP contribution in [0.3, 0.4) is 0 Å². The monoisotopic (exact) mass is 417 g/mol. The van der Waals surface area contributed by atoms with E-state index in [0.29, 0.717) is 21.1 Å². The van der Waals surface area contributed by atoms with Crippen molar-refractivity contribution in [3.63, 3.8) is 0 Å². The van der Waals surface area contributed by atoms with Gasteiger partial charge < -0.3 is 0 Å². The number of rotatable bonds is 4. The second-order valence-electron chi connectivity index (χ2n) is 6.30. The molecule has 0 spiro atoms. The molecular weight excluding hydrogens is 398 g/mol. The van der Waals surface area contributed by atoms with E-state index < -0.39 is 0 Å². The first kappa shape index (κ1) is 16.9. The van der Waals surface area contributed by atoms with Gasteiger partial charge in [-0.25, -0.2) is 0 Å². The summed E-state index contributed by atoms with van der Waals surface area (Å²) < 4.78 is 0.640. The highest BCUT2D eigenvalue weighted by atomic mass is 79.9. The molecule has 5 heteroatoms. The lowest BCUT2D eigenvalue weighted by atomic mass is 9.74. The minimum atomic E-state index is -0.322. The molecule has 1 saturated carbocycles. The molecule has 1 fully saturated rings. The van der Waals surface area contributed by atoms with Crippen molar-refractivity contribution >= 4 is 37.5 Å². The molecule has 0 heterocycles. The molecule has 1 aromatic rings. The normalized spacial score (nSPS) is 26.0. The second-order valence-corrected chi connectivity index (χ2v) is 8.27. The fourth-order valence-corrected chi connectivity index (χ4v) is 4.47. The van der Waals surface area contributed by atoms with E-state index in [1.54, 1.807) is 12.1 Å². The summed E-state index contributed by atoms with van der Waals surface area (Å²) in [5.74, 6) is 2.02. The van der Waals surface area contributed by atoms with Crippen LogP contribution >= 0.6 is 31.9 Å². The van der Waals surface area contributed by atoms with Crippen LogP contribution in [0.4, 0.5) is 5.69 Å². The Bertz CT molecular complexity index is 519. The van der Waals surface area contributed by atoms with Gasteiger partial charge in [-0.1, -0.05) is 41.9 Å². The fraction of sp³-hybridized carbons (Fsp3) is 0.625. The lowest BCUT2D eigenvalue weighted by Gasteiger charge is -2.35. The lowest BCUT2D eigenvalue weighted by molar-refractivity contribution is -0.385. The summed E-state index contributed by atoms with van der Waals surface area (Å²) >= 11 is 7.23. The van der Waals surface area contributed by atoms with Crippen LogP contribution in [0.15, 0.2) is 22.7 Å². The summed E-state index contributed by atoms with van der Waals surface area (Å²) in [7, 11) is 0. The van der Waals surface area contributed by atoms with E-state index >= 15 is 0 Å². The van der Waals surface area contributed by atoms with E-state index in [0.717, 1.165) is 17.9 Å². The number of hydrogen-bond acceptors (Lipinski definition) is 2. The molecule has 0 bridgehead atoms. The van der Waals surface area contributed by atoms with Crippen LogP contribution in [0.1, 0.15) is 38.7 Å². The topological polar surface area (TPSA) is 43.1 Å². The van der Waals surface area contributed by atoms with Crippen LogP contribution < -0.4 is 0 Å². The Labute approximate surface area is 142 Å². The van der Waals surface area contributed by atoms with E-state index in [-0.39, 0.29) is 10.6 Å².